The van der Waals surface area contributed by atoms with Crippen LogP contribution in [0.1, 0.15) is 61.0 Å². The lowest BCUT2D eigenvalue weighted by molar-refractivity contribution is 0.0980. The molecule has 5 heteroatoms. The SMILES string of the molecule is O=C(c1ccnc(NC2CCCCCC2)n1)N1CCCc2ccccc21. The molecule has 0 radical (unpaired) electrons. The molecule has 1 aromatic carbocycles. The molecule has 1 N–H and O–H groups in total. The number of hydrogen-bond acceptors (Lipinski definition) is 4. The van der Waals surface area contributed by atoms with Crippen LogP contribution >= 0.6 is 0 Å². The molecule has 2 heterocycles. The number of nitrogens with one attached hydrogen (secondary N) is 1. The molecule has 2 aromatic rings. The molecule has 1 aliphatic heterocycles. The fourth-order valence-corrected chi connectivity index (χ4v) is 4.04. The number of amides is 1. The Bertz CT molecular complexity index is 768. The third-order valence-electron chi connectivity index (χ3n) is 5.42. The molecule has 0 atom stereocenters. The van der Waals surface area contributed by atoms with Crippen molar-refractivity contribution in [3.63, 3.8) is 0 Å². The van der Waals surface area contributed by atoms with E-state index < -0.39 is 0 Å². The van der Waals surface area contributed by atoms with Gasteiger partial charge >= 0.3 is 0 Å². The highest BCUT2D eigenvalue weighted by Gasteiger charge is 2.24. The predicted molar refractivity (Wildman–Crippen MR) is 104 cm³/mol. The maximum absolute atomic E-state index is 13.1. The quantitative estimate of drug-likeness (QED) is 0.843. The maximum Gasteiger partial charge on any atom is 0.277 e. The number of anilines is 2. The van der Waals surface area contributed by atoms with Gasteiger partial charge in [0.25, 0.3) is 5.91 Å². The Kier molecular flexibility index (Phi) is 5.14. The van der Waals surface area contributed by atoms with Gasteiger partial charge in [-0.2, -0.15) is 0 Å². The van der Waals surface area contributed by atoms with E-state index in [1.54, 1.807) is 12.3 Å². The molecule has 136 valence electrons. The first-order valence-electron chi connectivity index (χ1n) is 9.80. The molecule has 0 saturated heterocycles. The number of para-hydroxylation sites is 1. The molecular weight excluding hydrogens is 324 g/mol. The van der Waals surface area contributed by atoms with Gasteiger partial charge in [0.05, 0.1) is 0 Å². The van der Waals surface area contributed by atoms with Crippen LogP contribution < -0.4 is 10.2 Å². The first-order valence-corrected chi connectivity index (χ1v) is 9.80. The second-order valence-corrected chi connectivity index (χ2v) is 7.29. The highest BCUT2D eigenvalue weighted by atomic mass is 16.2. The summed E-state index contributed by atoms with van der Waals surface area (Å²) in [5.41, 5.74) is 2.71. The lowest BCUT2D eigenvalue weighted by Crippen LogP contribution is -2.36. The molecule has 1 saturated carbocycles. The van der Waals surface area contributed by atoms with Crippen LogP contribution in [-0.2, 0) is 6.42 Å². The summed E-state index contributed by atoms with van der Waals surface area (Å²) in [4.78, 5) is 23.8. The Morgan fingerprint density at radius 3 is 2.69 bits per heavy atom. The van der Waals surface area contributed by atoms with Gasteiger partial charge in [-0.25, -0.2) is 9.97 Å². The third kappa shape index (κ3) is 3.71. The number of hydrogen-bond donors (Lipinski definition) is 1. The molecule has 1 aromatic heterocycles. The Morgan fingerprint density at radius 2 is 1.85 bits per heavy atom. The van der Waals surface area contributed by atoms with Crippen LogP contribution in [0.5, 0.6) is 0 Å². The molecule has 1 aliphatic carbocycles. The summed E-state index contributed by atoms with van der Waals surface area (Å²) in [5, 5.41) is 3.45. The predicted octanol–water partition coefficient (Wildman–Crippen LogP) is 4.20. The number of carbonyl (C=O) groups is 1. The average Bonchev–Trinajstić information content (AvgIpc) is 2.96. The van der Waals surface area contributed by atoms with Crippen molar-refractivity contribution in [2.45, 2.75) is 57.4 Å². The van der Waals surface area contributed by atoms with Crippen molar-refractivity contribution in [3.8, 4) is 0 Å². The summed E-state index contributed by atoms with van der Waals surface area (Å²) in [6.07, 6.45) is 11.1. The summed E-state index contributed by atoms with van der Waals surface area (Å²) in [5.74, 6) is 0.538. The average molecular weight is 350 g/mol. The molecular formula is C21H26N4O. The minimum atomic E-state index is -0.0385. The minimum Gasteiger partial charge on any atom is -0.351 e. The van der Waals surface area contributed by atoms with Gasteiger partial charge in [0.15, 0.2) is 0 Å². The Hall–Kier alpha value is -2.43. The second kappa shape index (κ2) is 7.85. The Labute approximate surface area is 154 Å². The van der Waals surface area contributed by atoms with Crippen molar-refractivity contribution in [2.75, 3.05) is 16.8 Å². The van der Waals surface area contributed by atoms with Crippen molar-refractivity contribution < 1.29 is 4.79 Å². The first-order chi connectivity index (χ1) is 12.8. The summed E-state index contributed by atoms with van der Waals surface area (Å²) >= 11 is 0. The molecule has 0 unspecified atom stereocenters. The summed E-state index contributed by atoms with van der Waals surface area (Å²) in [7, 11) is 0. The molecule has 26 heavy (non-hydrogen) atoms. The normalized spacial score (nSPS) is 18.1. The van der Waals surface area contributed by atoms with Crippen LogP contribution in [-0.4, -0.2) is 28.5 Å². The number of aromatic nitrogens is 2. The highest BCUT2D eigenvalue weighted by Crippen LogP contribution is 2.28. The number of rotatable bonds is 3. The van der Waals surface area contributed by atoms with Crippen LogP contribution in [0.3, 0.4) is 0 Å². The van der Waals surface area contributed by atoms with Crippen molar-refractivity contribution in [3.05, 3.63) is 47.8 Å². The van der Waals surface area contributed by atoms with E-state index in [1.807, 2.05) is 23.1 Å². The number of carbonyl (C=O) groups excluding carboxylic acids is 1. The number of nitrogens with zero attached hydrogens (tertiary/aromatic N) is 3. The summed E-state index contributed by atoms with van der Waals surface area (Å²) in [6.45, 7) is 0.741. The highest BCUT2D eigenvalue weighted by molar-refractivity contribution is 6.05. The number of benzene rings is 1. The van der Waals surface area contributed by atoms with Gasteiger partial charge in [-0.1, -0.05) is 43.9 Å². The van der Waals surface area contributed by atoms with E-state index in [-0.39, 0.29) is 5.91 Å². The van der Waals surface area contributed by atoms with Gasteiger partial charge in [-0.05, 0) is 43.4 Å². The van der Waals surface area contributed by atoms with Crippen LogP contribution in [0, 0.1) is 0 Å². The van der Waals surface area contributed by atoms with E-state index in [0.717, 1.165) is 37.9 Å². The van der Waals surface area contributed by atoms with E-state index in [9.17, 15) is 4.79 Å². The molecule has 0 bridgehead atoms. The third-order valence-corrected chi connectivity index (χ3v) is 5.42. The lowest BCUT2D eigenvalue weighted by atomic mass is 10.0. The van der Waals surface area contributed by atoms with E-state index in [2.05, 4.69) is 21.4 Å². The van der Waals surface area contributed by atoms with Crippen molar-refractivity contribution >= 4 is 17.5 Å². The monoisotopic (exact) mass is 350 g/mol. The fourth-order valence-electron chi connectivity index (χ4n) is 4.04. The largest absolute Gasteiger partial charge is 0.351 e. The van der Waals surface area contributed by atoms with Crippen LogP contribution in [0.4, 0.5) is 11.6 Å². The zero-order chi connectivity index (χ0) is 17.8. The second-order valence-electron chi connectivity index (χ2n) is 7.29. The maximum atomic E-state index is 13.1. The molecule has 1 fully saturated rings. The Balaban J connectivity index is 1.52. The van der Waals surface area contributed by atoms with Gasteiger partial charge < -0.3 is 10.2 Å². The number of aryl methyl sites for hydroxylation is 1. The van der Waals surface area contributed by atoms with Crippen molar-refractivity contribution in [1.29, 1.82) is 0 Å². The van der Waals surface area contributed by atoms with Crippen molar-refractivity contribution in [1.82, 2.24) is 9.97 Å². The molecule has 4 rings (SSSR count). The van der Waals surface area contributed by atoms with Gasteiger partial charge in [-0.3, -0.25) is 4.79 Å². The summed E-state index contributed by atoms with van der Waals surface area (Å²) < 4.78 is 0. The van der Waals surface area contributed by atoms with Crippen LogP contribution in [0.15, 0.2) is 36.5 Å². The standard InChI is InChI=1S/C21H26N4O/c26-20(25-15-7-9-16-8-5-6-12-19(16)25)18-13-14-22-21(24-18)23-17-10-3-1-2-4-11-17/h5-6,8,12-14,17H,1-4,7,9-11,15H2,(H,22,23,24). The Morgan fingerprint density at radius 1 is 1.04 bits per heavy atom. The van der Waals surface area contributed by atoms with Crippen molar-refractivity contribution in [2.24, 2.45) is 0 Å². The zero-order valence-corrected chi connectivity index (χ0v) is 15.2. The molecule has 5 nitrogen and oxygen atoms in total. The van der Waals surface area contributed by atoms with Gasteiger partial charge in [0, 0.05) is 24.5 Å². The van der Waals surface area contributed by atoms with Gasteiger partial charge in [0.2, 0.25) is 5.95 Å². The zero-order valence-electron chi connectivity index (χ0n) is 15.2. The van der Waals surface area contributed by atoms with E-state index in [1.165, 1.54) is 31.2 Å². The summed E-state index contributed by atoms with van der Waals surface area (Å²) in [6, 6.07) is 10.3. The van der Waals surface area contributed by atoms with E-state index >= 15 is 0 Å². The number of fused-ring (bicyclic) bond motifs is 1. The topological polar surface area (TPSA) is 58.1 Å². The fraction of sp³-hybridized carbons (Fsp3) is 0.476. The van der Waals surface area contributed by atoms with Crippen LogP contribution in [0.25, 0.3) is 0 Å². The molecule has 0 spiro atoms. The smallest absolute Gasteiger partial charge is 0.277 e. The van der Waals surface area contributed by atoms with E-state index in [4.69, 9.17) is 0 Å². The van der Waals surface area contributed by atoms with Gasteiger partial charge in [-0.15, -0.1) is 0 Å². The first kappa shape index (κ1) is 17.0. The minimum absolute atomic E-state index is 0.0385. The van der Waals surface area contributed by atoms with E-state index in [0.29, 0.717) is 17.7 Å². The van der Waals surface area contributed by atoms with Crippen LogP contribution in [0.2, 0.25) is 0 Å². The molecule has 2 aliphatic rings. The van der Waals surface area contributed by atoms with Gasteiger partial charge in [0.1, 0.15) is 5.69 Å². The molecule has 1 amide bonds. The lowest BCUT2D eigenvalue weighted by Gasteiger charge is -2.29.